The maximum Gasteiger partial charge on any atom is 0.257 e. The summed E-state index contributed by atoms with van der Waals surface area (Å²) in [6.07, 6.45) is 1.47. The number of rotatable bonds is 2. The molecule has 0 spiro atoms. The first-order chi connectivity index (χ1) is 9.24. The van der Waals surface area contributed by atoms with Gasteiger partial charge >= 0.3 is 0 Å². The van der Waals surface area contributed by atoms with E-state index >= 15 is 0 Å². The molecule has 0 unspecified atom stereocenters. The first-order valence-electron chi connectivity index (χ1n) is 5.92. The van der Waals surface area contributed by atoms with Crippen LogP contribution < -0.4 is 10.6 Å². The van der Waals surface area contributed by atoms with Gasteiger partial charge in [-0.15, -0.1) is 0 Å². The summed E-state index contributed by atoms with van der Waals surface area (Å²) in [6, 6.07) is 9.73. The Labute approximate surface area is 109 Å². The third-order valence-electron chi connectivity index (χ3n) is 2.93. The lowest BCUT2D eigenvalue weighted by Gasteiger charge is -2.07. The highest BCUT2D eigenvalue weighted by Gasteiger charge is 2.23. The molecule has 0 saturated heterocycles. The van der Waals surface area contributed by atoms with E-state index in [0.29, 0.717) is 17.9 Å². The lowest BCUT2D eigenvalue weighted by atomic mass is 10.2. The number of hydrogen-bond donors (Lipinski definition) is 2. The molecule has 6 heteroatoms. The minimum absolute atomic E-state index is 0.0150. The molecule has 0 radical (unpaired) electrons. The quantitative estimate of drug-likeness (QED) is 0.826. The van der Waals surface area contributed by atoms with Crippen LogP contribution in [0.25, 0.3) is 0 Å². The van der Waals surface area contributed by atoms with Crippen LogP contribution in [0, 0.1) is 0 Å². The number of anilines is 1. The molecule has 2 heterocycles. The van der Waals surface area contributed by atoms with E-state index in [0.717, 1.165) is 5.56 Å². The molecule has 19 heavy (non-hydrogen) atoms. The minimum Gasteiger partial charge on any atom is -0.343 e. The Balaban J connectivity index is 1.96. The van der Waals surface area contributed by atoms with Gasteiger partial charge in [0.25, 0.3) is 5.91 Å². The molecule has 1 aliphatic heterocycles. The highest BCUT2D eigenvalue weighted by Crippen LogP contribution is 2.18. The summed E-state index contributed by atoms with van der Waals surface area (Å²) in [5, 5.41) is 9.38. The molecular weight excluding hydrogens is 244 g/mol. The average molecular weight is 256 g/mol. The normalized spacial score (nSPS) is 14.3. The van der Waals surface area contributed by atoms with Crippen LogP contribution in [0.15, 0.2) is 36.5 Å². The van der Waals surface area contributed by atoms with Crippen molar-refractivity contribution in [2.75, 3.05) is 11.9 Å². The van der Waals surface area contributed by atoms with Crippen LogP contribution in [0.2, 0.25) is 0 Å². The molecular formula is C13H12N4O2. The second-order valence-electron chi connectivity index (χ2n) is 4.28. The Morgan fingerprint density at radius 1 is 1.21 bits per heavy atom. The van der Waals surface area contributed by atoms with Crippen molar-refractivity contribution >= 4 is 17.6 Å². The van der Waals surface area contributed by atoms with Gasteiger partial charge in [0.15, 0.2) is 0 Å². The minimum atomic E-state index is -0.285. The predicted molar refractivity (Wildman–Crippen MR) is 68.7 cm³/mol. The fourth-order valence-corrected chi connectivity index (χ4v) is 1.99. The largest absolute Gasteiger partial charge is 0.343 e. The van der Waals surface area contributed by atoms with Crippen LogP contribution in [0.1, 0.15) is 15.9 Å². The molecule has 1 aromatic heterocycles. The molecule has 1 aliphatic rings. The number of amides is 2. The van der Waals surface area contributed by atoms with Gasteiger partial charge in [-0.2, -0.15) is 5.10 Å². The van der Waals surface area contributed by atoms with Crippen LogP contribution in [0.4, 0.5) is 5.82 Å². The van der Waals surface area contributed by atoms with Crippen LogP contribution in [0.3, 0.4) is 0 Å². The number of hydrogen-bond acceptors (Lipinski definition) is 3. The molecule has 0 fully saturated rings. The zero-order valence-corrected chi connectivity index (χ0v) is 10.1. The highest BCUT2D eigenvalue weighted by molar-refractivity contribution is 6.07. The van der Waals surface area contributed by atoms with Gasteiger partial charge in [0, 0.05) is 0 Å². The maximum atomic E-state index is 11.8. The molecule has 6 nitrogen and oxygen atoms in total. The van der Waals surface area contributed by atoms with Crippen molar-refractivity contribution in [1.29, 1.82) is 0 Å². The van der Waals surface area contributed by atoms with E-state index in [2.05, 4.69) is 15.7 Å². The number of nitrogens with one attached hydrogen (secondary N) is 2. The Bertz CT molecular complexity index is 633. The second-order valence-corrected chi connectivity index (χ2v) is 4.28. The molecule has 3 rings (SSSR count). The molecule has 0 aliphatic carbocycles. The van der Waals surface area contributed by atoms with E-state index in [9.17, 15) is 9.59 Å². The second kappa shape index (κ2) is 4.56. The zero-order valence-electron chi connectivity index (χ0n) is 10.1. The summed E-state index contributed by atoms with van der Waals surface area (Å²) in [5.74, 6) is -0.0848. The van der Waals surface area contributed by atoms with Crippen LogP contribution in [0.5, 0.6) is 0 Å². The number of aromatic nitrogens is 2. The van der Waals surface area contributed by atoms with Crippen molar-refractivity contribution < 1.29 is 9.59 Å². The fraction of sp³-hybridized carbons (Fsp3) is 0.154. The molecule has 0 atom stereocenters. The Morgan fingerprint density at radius 2 is 2.00 bits per heavy atom. The van der Waals surface area contributed by atoms with Crippen molar-refractivity contribution in [3.63, 3.8) is 0 Å². The molecule has 0 saturated carbocycles. The summed E-state index contributed by atoms with van der Waals surface area (Å²) in [5.41, 5.74) is 1.44. The van der Waals surface area contributed by atoms with E-state index in [1.807, 2.05) is 30.3 Å². The molecule has 2 aromatic rings. The standard InChI is InChI=1S/C13H12N4O2/c18-11-7-14-13(19)10-6-15-17(12(10)16-11)8-9-4-2-1-3-5-9/h1-6H,7-8H2,(H,14,19)(H,16,18). The Morgan fingerprint density at radius 3 is 2.79 bits per heavy atom. The lowest BCUT2D eigenvalue weighted by Crippen LogP contribution is -2.28. The molecule has 0 bridgehead atoms. The van der Waals surface area contributed by atoms with E-state index in [1.54, 1.807) is 4.68 Å². The molecule has 1 aromatic carbocycles. The van der Waals surface area contributed by atoms with Gasteiger partial charge in [0.05, 0.1) is 19.3 Å². The molecule has 2 N–H and O–H groups in total. The number of nitrogens with zero attached hydrogens (tertiary/aromatic N) is 2. The van der Waals surface area contributed by atoms with Gasteiger partial charge in [0.1, 0.15) is 11.4 Å². The monoisotopic (exact) mass is 256 g/mol. The number of benzene rings is 1. The van der Waals surface area contributed by atoms with Crippen molar-refractivity contribution in [3.05, 3.63) is 47.7 Å². The van der Waals surface area contributed by atoms with Gasteiger partial charge in [-0.05, 0) is 5.56 Å². The van der Waals surface area contributed by atoms with Crippen molar-refractivity contribution in [1.82, 2.24) is 15.1 Å². The van der Waals surface area contributed by atoms with Crippen LogP contribution in [-0.4, -0.2) is 28.1 Å². The first-order valence-corrected chi connectivity index (χ1v) is 5.92. The third-order valence-corrected chi connectivity index (χ3v) is 2.93. The number of carbonyl (C=O) groups is 2. The van der Waals surface area contributed by atoms with Crippen molar-refractivity contribution in [2.45, 2.75) is 6.54 Å². The van der Waals surface area contributed by atoms with Crippen molar-refractivity contribution in [2.24, 2.45) is 0 Å². The van der Waals surface area contributed by atoms with E-state index in [-0.39, 0.29) is 18.4 Å². The fourth-order valence-electron chi connectivity index (χ4n) is 1.99. The summed E-state index contributed by atoms with van der Waals surface area (Å²) in [6.45, 7) is 0.489. The van der Waals surface area contributed by atoms with E-state index in [1.165, 1.54) is 6.20 Å². The Hall–Kier alpha value is -2.63. The van der Waals surface area contributed by atoms with Crippen molar-refractivity contribution in [3.8, 4) is 0 Å². The topological polar surface area (TPSA) is 76.0 Å². The summed E-state index contributed by atoms with van der Waals surface area (Å²) >= 11 is 0. The number of carbonyl (C=O) groups excluding carboxylic acids is 2. The Kier molecular flexibility index (Phi) is 2.75. The van der Waals surface area contributed by atoms with Gasteiger partial charge in [-0.3, -0.25) is 9.59 Å². The highest BCUT2D eigenvalue weighted by atomic mass is 16.2. The van der Waals surface area contributed by atoms with E-state index in [4.69, 9.17) is 0 Å². The van der Waals surface area contributed by atoms with Crippen LogP contribution in [-0.2, 0) is 11.3 Å². The lowest BCUT2D eigenvalue weighted by molar-refractivity contribution is -0.115. The SMILES string of the molecule is O=C1CNC(=O)c2cnn(Cc3ccccc3)c2N1. The summed E-state index contributed by atoms with van der Waals surface area (Å²) in [4.78, 5) is 23.3. The summed E-state index contributed by atoms with van der Waals surface area (Å²) in [7, 11) is 0. The first kappa shape index (κ1) is 11.5. The molecule has 96 valence electrons. The number of fused-ring (bicyclic) bond motifs is 1. The average Bonchev–Trinajstić information content (AvgIpc) is 2.73. The predicted octanol–water partition coefficient (Wildman–Crippen LogP) is 0.613. The van der Waals surface area contributed by atoms with E-state index < -0.39 is 0 Å². The smallest absolute Gasteiger partial charge is 0.257 e. The van der Waals surface area contributed by atoms with Gasteiger partial charge in [-0.25, -0.2) is 4.68 Å². The van der Waals surface area contributed by atoms with Crippen LogP contribution >= 0.6 is 0 Å². The summed E-state index contributed by atoms with van der Waals surface area (Å²) < 4.78 is 1.62. The van der Waals surface area contributed by atoms with Gasteiger partial charge in [-0.1, -0.05) is 30.3 Å². The maximum absolute atomic E-state index is 11.8. The zero-order chi connectivity index (χ0) is 13.2. The third kappa shape index (κ3) is 2.20. The van der Waals surface area contributed by atoms with Gasteiger partial charge < -0.3 is 10.6 Å². The molecule has 2 amide bonds. The van der Waals surface area contributed by atoms with Gasteiger partial charge in [0.2, 0.25) is 5.91 Å².